The molecule has 1 saturated carbocycles. The molecule has 0 aliphatic heterocycles. The molecule has 3 rings (SSSR count). The van der Waals surface area contributed by atoms with Crippen molar-refractivity contribution < 1.29 is 23.9 Å². The van der Waals surface area contributed by atoms with Crippen LogP contribution in [0.25, 0.3) is 10.9 Å². The molecular weight excluding hydrogens is 398 g/mol. The minimum atomic E-state index is -0.649. The van der Waals surface area contributed by atoms with E-state index in [0.29, 0.717) is 47.8 Å². The van der Waals surface area contributed by atoms with Gasteiger partial charge in [0.05, 0.1) is 25.8 Å². The Hall–Kier alpha value is -2.87. The zero-order valence-electron chi connectivity index (χ0n) is 18.2. The molecule has 8 nitrogen and oxygen atoms in total. The van der Waals surface area contributed by atoms with Crippen LogP contribution >= 0.6 is 0 Å². The van der Waals surface area contributed by atoms with Crippen molar-refractivity contribution in [2.24, 2.45) is 5.92 Å². The van der Waals surface area contributed by atoms with Gasteiger partial charge in [0.1, 0.15) is 5.75 Å². The number of carbonyl (C=O) groups excluding carboxylic acids is 3. The summed E-state index contributed by atoms with van der Waals surface area (Å²) in [6.45, 7) is 1.03. The average Bonchev–Trinajstić information content (AvgIpc) is 3.21. The molecule has 0 spiro atoms. The van der Waals surface area contributed by atoms with Crippen molar-refractivity contribution in [1.29, 1.82) is 0 Å². The van der Waals surface area contributed by atoms with E-state index in [1.54, 1.807) is 38.6 Å². The lowest BCUT2D eigenvalue weighted by molar-refractivity contribution is -0.133. The third-order valence-electron chi connectivity index (χ3n) is 5.78. The quantitative estimate of drug-likeness (QED) is 0.343. The fourth-order valence-corrected chi connectivity index (χ4v) is 4.10. The van der Waals surface area contributed by atoms with Gasteiger partial charge in [-0.3, -0.25) is 14.4 Å². The first-order chi connectivity index (χ1) is 15.0. The van der Waals surface area contributed by atoms with Crippen LogP contribution < -0.4 is 10.1 Å². The molecular formula is C23H31N3O5. The van der Waals surface area contributed by atoms with Crippen LogP contribution in [0, 0.1) is 5.92 Å². The van der Waals surface area contributed by atoms with Gasteiger partial charge < -0.3 is 24.7 Å². The number of ether oxygens (including phenoxy) is 2. The number of hydrogen-bond acceptors (Lipinski definition) is 5. The van der Waals surface area contributed by atoms with Crippen LogP contribution in [0.2, 0.25) is 0 Å². The van der Waals surface area contributed by atoms with E-state index in [-0.39, 0.29) is 12.5 Å². The normalized spacial score (nSPS) is 14.4. The Labute approximate surface area is 182 Å². The molecule has 0 bridgehead atoms. The van der Waals surface area contributed by atoms with E-state index >= 15 is 0 Å². The number of hydrogen-bond donors (Lipinski definition) is 2. The predicted octanol–water partition coefficient (Wildman–Crippen LogP) is 2.53. The summed E-state index contributed by atoms with van der Waals surface area (Å²) in [5, 5.41) is 3.39. The van der Waals surface area contributed by atoms with Gasteiger partial charge in [-0.15, -0.1) is 0 Å². The Bertz CT molecular complexity index is 917. The number of carbonyl (C=O) groups is 3. The third-order valence-corrected chi connectivity index (χ3v) is 5.78. The minimum absolute atomic E-state index is 0.138. The van der Waals surface area contributed by atoms with E-state index in [2.05, 4.69) is 10.3 Å². The Morgan fingerprint density at radius 1 is 1.16 bits per heavy atom. The Kier molecular flexibility index (Phi) is 8.06. The van der Waals surface area contributed by atoms with Crippen LogP contribution in [0.15, 0.2) is 24.4 Å². The number of nitrogens with one attached hydrogen (secondary N) is 2. The number of aromatic nitrogens is 1. The summed E-state index contributed by atoms with van der Waals surface area (Å²) in [6.07, 6.45) is 6.99. The number of nitrogens with zero attached hydrogens (tertiary/aromatic N) is 1. The number of H-pyrrole nitrogens is 1. The number of fused-ring (bicyclic) bond motifs is 1. The van der Waals surface area contributed by atoms with Gasteiger partial charge in [0.15, 0.2) is 0 Å². The minimum Gasteiger partial charge on any atom is -0.497 e. The molecule has 1 aromatic carbocycles. The molecule has 2 aromatic rings. The van der Waals surface area contributed by atoms with Gasteiger partial charge in [0, 0.05) is 43.4 Å². The number of rotatable bonds is 10. The topological polar surface area (TPSA) is 101 Å². The highest BCUT2D eigenvalue weighted by Crippen LogP contribution is 2.26. The maximum Gasteiger partial charge on any atom is 0.295 e. The number of benzene rings is 1. The largest absolute Gasteiger partial charge is 0.497 e. The standard InChI is InChI=1S/C23H31N3O5/c1-30-11-10-24-21(27)15-26(14-16-6-4-3-5-7-16)23(29)22(28)19-13-25-20-12-17(31-2)8-9-18(19)20/h8-9,12-13,16,25H,3-7,10-11,14-15H2,1-2H3,(H,24,27). The van der Waals surface area contributed by atoms with Crippen molar-refractivity contribution in [1.82, 2.24) is 15.2 Å². The first-order valence-corrected chi connectivity index (χ1v) is 10.8. The second kappa shape index (κ2) is 10.9. The van der Waals surface area contributed by atoms with Gasteiger partial charge >= 0.3 is 0 Å². The Morgan fingerprint density at radius 2 is 1.94 bits per heavy atom. The molecule has 31 heavy (non-hydrogen) atoms. The third kappa shape index (κ3) is 5.85. The number of aromatic amines is 1. The molecule has 1 aliphatic carbocycles. The van der Waals surface area contributed by atoms with Crippen molar-refractivity contribution in [3.63, 3.8) is 0 Å². The molecule has 168 valence electrons. The second-order valence-electron chi connectivity index (χ2n) is 7.98. The highest BCUT2D eigenvalue weighted by Gasteiger charge is 2.29. The summed E-state index contributed by atoms with van der Waals surface area (Å²) in [7, 11) is 3.13. The summed E-state index contributed by atoms with van der Waals surface area (Å²) >= 11 is 0. The van der Waals surface area contributed by atoms with E-state index in [4.69, 9.17) is 9.47 Å². The second-order valence-corrected chi connectivity index (χ2v) is 7.98. The first-order valence-electron chi connectivity index (χ1n) is 10.8. The van der Waals surface area contributed by atoms with Gasteiger partial charge in [0.25, 0.3) is 11.7 Å². The number of Topliss-reactive ketones (excluding diaryl/α,β-unsaturated/α-hetero) is 1. The number of methoxy groups -OCH3 is 2. The molecule has 1 heterocycles. The smallest absolute Gasteiger partial charge is 0.295 e. The van der Waals surface area contributed by atoms with Crippen LogP contribution in [-0.4, -0.2) is 67.9 Å². The lowest BCUT2D eigenvalue weighted by Crippen LogP contribution is -2.46. The fourth-order valence-electron chi connectivity index (χ4n) is 4.10. The maximum atomic E-state index is 13.2. The number of ketones is 1. The average molecular weight is 430 g/mol. The highest BCUT2D eigenvalue weighted by atomic mass is 16.5. The van der Waals surface area contributed by atoms with E-state index in [0.717, 1.165) is 25.7 Å². The highest BCUT2D eigenvalue weighted by molar-refractivity contribution is 6.45. The van der Waals surface area contributed by atoms with Crippen molar-refractivity contribution in [3.8, 4) is 5.75 Å². The molecule has 1 aliphatic rings. The van der Waals surface area contributed by atoms with E-state index in [9.17, 15) is 14.4 Å². The summed E-state index contributed by atoms with van der Waals surface area (Å²) < 4.78 is 10.2. The Balaban J connectivity index is 1.77. The molecule has 1 fully saturated rings. The fraction of sp³-hybridized carbons (Fsp3) is 0.522. The van der Waals surface area contributed by atoms with Gasteiger partial charge in [-0.1, -0.05) is 19.3 Å². The van der Waals surface area contributed by atoms with Gasteiger partial charge in [-0.25, -0.2) is 0 Å². The maximum absolute atomic E-state index is 13.2. The lowest BCUT2D eigenvalue weighted by Gasteiger charge is -2.29. The molecule has 8 heteroatoms. The van der Waals surface area contributed by atoms with E-state index in [1.807, 2.05) is 0 Å². The first kappa shape index (κ1) is 22.8. The van der Waals surface area contributed by atoms with Crippen molar-refractivity contribution in [2.75, 3.05) is 40.5 Å². The van der Waals surface area contributed by atoms with Crippen LogP contribution in [0.5, 0.6) is 5.75 Å². The summed E-state index contributed by atoms with van der Waals surface area (Å²) in [5.74, 6) is -0.588. The van der Waals surface area contributed by atoms with Crippen molar-refractivity contribution in [2.45, 2.75) is 32.1 Å². The molecule has 0 atom stereocenters. The van der Waals surface area contributed by atoms with Gasteiger partial charge in [0.2, 0.25) is 5.91 Å². The van der Waals surface area contributed by atoms with E-state index in [1.165, 1.54) is 11.3 Å². The van der Waals surface area contributed by atoms with Crippen LogP contribution in [-0.2, 0) is 14.3 Å². The van der Waals surface area contributed by atoms with Crippen LogP contribution in [0.4, 0.5) is 0 Å². The van der Waals surface area contributed by atoms with Crippen LogP contribution in [0.3, 0.4) is 0 Å². The molecule has 0 unspecified atom stereocenters. The summed E-state index contributed by atoms with van der Waals surface area (Å²) in [4.78, 5) is 43.1. The van der Waals surface area contributed by atoms with Gasteiger partial charge in [-0.2, -0.15) is 0 Å². The van der Waals surface area contributed by atoms with E-state index < -0.39 is 11.7 Å². The molecule has 0 saturated heterocycles. The molecule has 0 radical (unpaired) electrons. The summed E-state index contributed by atoms with van der Waals surface area (Å²) in [5.41, 5.74) is 1.02. The summed E-state index contributed by atoms with van der Waals surface area (Å²) in [6, 6.07) is 5.29. The monoisotopic (exact) mass is 429 g/mol. The van der Waals surface area contributed by atoms with Crippen molar-refractivity contribution in [3.05, 3.63) is 30.0 Å². The molecule has 2 N–H and O–H groups in total. The number of amides is 2. The van der Waals surface area contributed by atoms with Gasteiger partial charge in [-0.05, 0) is 30.9 Å². The SMILES string of the molecule is COCCNC(=O)CN(CC1CCCCC1)C(=O)C(=O)c1c[nH]c2cc(OC)ccc12. The molecule has 1 aromatic heterocycles. The predicted molar refractivity (Wildman–Crippen MR) is 117 cm³/mol. The zero-order chi connectivity index (χ0) is 22.2. The van der Waals surface area contributed by atoms with Crippen molar-refractivity contribution >= 4 is 28.5 Å². The zero-order valence-corrected chi connectivity index (χ0v) is 18.2. The Morgan fingerprint density at radius 3 is 2.65 bits per heavy atom. The molecule has 2 amide bonds. The lowest BCUT2D eigenvalue weighted by atomic mass is 9.89. The van der Waals surface area contributed by atoms with Crippen LogP contribution in [0.1, 0.15) is 42.5 Å².